The van der Waals surface area contributed by atoms with E-state index in [1.165, 1.54) is 17.8 Å². The number of carbonyl (C=O) groups is 1. The highest BCUT2D eigenvalue weighted by molar-refractivity contribution is 5.64. The lowest BCUT2D eigenvalue weighted by Crippen LogP contribution is -2.99. The van der Waals surface area contributed by atoms with E-state index in [9.17, 15) is 10.0 Å². The maximum Gasteiger partial charge on any atom is 0.404 e. The van der Waals surface area contributed by atoms with Gasteiger partial charge in [0.15, 0.2) is 12.4 Å². The molecule has 0 aromatic carbocycles. The number of nitrogens with one attached hydrogen (secondary N) is 1. The molecule has 0 saturated carbocycles. The minimum Gasteiger partial charge on any atom is -0.594 e. The molecule has 0 fully saturated rings. The van der Waals surface area contributed by atoms with E-state index in [2.05, 4.69) is 9.72 Å². The Morgan fingerprint density at radius 1 is 1.93 bits per heavy atom. The Kier molecular flexibility index (Phi) is 3.02. The molecule has 0 aliphatic carbocycles. The van der Waals surface area contributed by atoms with Gasteiger partial charge in [0.2, 0.25) is 0 Å². The number of nitrogens with two attached hydrogens (primary N) is 1. The number of aromatic nitrogens is 2. The third kappa shape index (κ3) is 2.19. The van der Waals surface area contributed by atoms with Gasteiger partial charge in [0.25, 0.3) is 5.82 Å². The SMILES string of the molecule is Cn1c([NH+]([O-])O)cnc1COC(N)=O. The molecule has 8 heteroatoms. The van der Waals surface area contributed by atoms with Crippen LogP contribution in [0.2, 0.25) is 0 Å². The molecule has 78 valence electrons. The Labute approximate surface area is 79.0 Å². The normalized spacial score (nSPS) is 12.5. The van der Waals surface area contributed by atoms with Crippen molar-refractivity contribution in [2.45, 2.75) is 6.61 Å². The highest BCUT2D eigenvalue weighted by Crippen LogP contribution is 2.04. The molecule has 1 heterocycles. The Morgan fingerprint density at radius 3 is 3.00 bits per heavy atom. The van der Waals surface area contributed by atoms with E-state index in [-0.39, 0.29) is 12.4 Å². The first-order valence-electron chi connectivity index (χ1n) is 3.68. The minimum absolute atomic E-state index is 0.0214. The van der Waals surface area contributed by atoms with Crippen molar-refractivity contribution in [1.82, 2.24) is 9.55 Å². The molecule has 0 bridgehead atoms. The summed E-state index contributed by atoms with van der Waals surface area (Å²) >= 11 is 0. The predicted octanol–water partition coefficient (Wildman–Crippen LogP) is -1.58. The van der Waals surface area contributed by atoms with E-state index in [0.29, 0.717) is 5.82 Å². The average Bonchev–Trinajstić information content (AvgIpc) is 2.43. The second kappa shape index (κ2) is 4.05. The maximum atomic E-state index is 10.6. The zero-order chi connectivity index (χ0) is 10.7. The van der Waals surface area contributed by atoms with Crippen LogP contribution in [0.3, 0.4) is 0 Å². The molecule has 1 aromatic rings. The number of hydrogen-bond acceptors (Lipinski definition) is 5. The number of rotatable bonds is 3. The van der Waals surface area contributed by atoms with Crippen LogP contribution in [0.25, 0.3) is 0 Å². The van der Waals surface area contributed by atoms with Crippen LogP contribution in [0, 0.1) is 5.21 Å². The highest BCUT2D eigenvalue weighted by atomic mass is 16.8. The standard InChI is InChI=1S/C6H10N4O4/c1-9-4(3-14-6(7)11)8-2-5(9)10(12)13/h2,10,12H,3H2,1H3,(H2,7,11). The van der Waals surface area contributed by atoms with Gasteiger partial charge in [0, 0.05) is 7.05 Å². The summed E-state index contributed by atoms with van der Waals surface area (Å²) in [6.45, 7) is -0.140. The van der Waals surface area contributed by atoms with Crippen LogP contribution in [0.15, 0.2) is 6.20 Å². The van der Waals surface area contributed by atoms with E-state index in [1.54, 1.807) is 0 Å². The molecule has 1 unspecified atom stereocenters. The number of hydrogen-bond donors (Lipinski definition) is 3. The molecule has 8 nitrogen and oxygen atoms in total. The lowest BCUT2D eigenvalue weighted by molar-refractivity contribution is -0.994. The lowest BCUT2D eigenvalue weighted by Gasteiger charge is -2.11. The fourth-order valence-corrected chi connectivity index (χ4v) is 0.916. The van der Waals surface area contributed by atoms with Crippen molar-refractivity contribution >= 4 is 11.9 Å². The Balaban J connectivity index is 2.74. The van der Waals surface area contributed by atoms with Crippen molar-refractivity contribution in [3.63, 3.8) is 0 Å². The molecule has 1 atom stereocenters. The molecule has 1 aromatic heterocycles. The quantitative estimate of drug-likeness (QED) is 0.511. The fraction of sp³-hybridized carbons (Fsp3) is 0.333. The number of quaternary nitrogens is 1. The van der Waals surface area contributed by atoms with Crippen LogP contribution in [0.4, 0.5) is 10.6 Å². The smallest absolute Gasteiger partial charge is 0.404 e. The maximum absolute atomic E-state index is 10.6. The fourth-order valence-electron chi connectivity index (χ4n) is 0.916. The zero-order valence-electron chi connectivity index (χ0n) is 7.43. The van der Waals surface area contributed by atoms with Crippen LogP contribution >= 0.6 is 0 Å². The molecule has 0 aliphatic rings. The van der Waals surface area contributed by atoms with Crippen molar-refractivity contribution in [2.75, 3.05) is 0 Å². The highest BCUT2D eigenvalue weighted by Gasteiger charge is 2.12. The van der Waals surface area contributed by atoms with Gasteiger partial charge in [-0.3, -0.25) is 4.57 Å². The summed E-state index contributed by atoms with van der Waals surface area (Å²) in [6.07, 6.45) is 0.257. The number of imidazole rings is 1. The molecule has 4 N–H and O–H groups in total. The van der Waals surface area contributed by atoms with Crippen LogP contribution in [0.1, 0.15) is 5.82 Å². The van der Waals surface area contributed by atoms with E-state index >= 15 is 0 Å². The Morgan fingerprint density at radius 2 is 2.57 bits per heavy atom. The summed E-state index contributed by atoms with van der Waals surface area (Å²) in [6, 6.07) is 0. The summed E-state index contributed by atoms with van der Waals surface area (Å²) in [5, 5.41) is 18.2. The van der Waals surface area contributed by atoms with Crippen molar-refractivity contribution in [3.8, 4) is 0 Å². The van der Waals surface area contributed by atoms with Gasteiger partial charge in [-0.1, -0.05) is 0 Å². The molecule has 14 heavy (non-hydrogen) atoms. The summed E-state index contributed by atoms with van der Waals surface area (Å²) in [7, 11) is 1.51. The summed E-state index contributed by atoms with van der Waals surface area (Å²) < 4.78 is 5.78. The summed E-state index contributed by atoms with van der Waals surface area (Å²) in [4.78, 5) is 14.0. The monoisotopic (exact) mass is 202 g/mol. The van der Waals surface area contributed by atoms with Gasteiger partial charge >= 0.3 is 6.09 Å². The van der Waals surface area contributed by atoms with E-state index < -0.39 is 11.3 Å². The molecular weight excluding hydrogens is 192 g/mol. The first-order valence-corrected chi connectivity index (χ1v) is 3.68. The molecule has 1 rings (SSSR count). The molecular formula is C6H10N4O4. The van der Waals surface area contributed by atoms with Gasteiger partial charge in [-0.25, -0.2) is 15.0 Å². The van der Waals surface area contributed by atoms with Crippen molar-refractivity contribution in [2.24, 2.45) is 12.8 Å². The first-order chi connectivity index (χ1) is 6.52. The second-order valence-electron chi connectivity index (χ2n) is 2.53. The average molecular weight is 202 g/mol. The molecule has 0 radical (unpaired) electrons. The third-order valence-corrected chi connectivity index (χ3v) is 1.65. The number of primary amides is 1. The minimum atomic E-state index is -1.09. The van der Waals surface area contributed by atoms with Crippen LogP contribution in [-0.2, 0) is 18.4 Å². The van der Waals surface area contributed by atoms with E-state index in [1.807, 2.05) is 0 Å². The van der Waals surface area contributed by atoms with E-state index in [0.717, 1.165) is 0 Å². The van der Waals surface area contributed by atoms with Gasteiger partial charge < -0.3 is 15.7 Å². The van der Waals surface area contributed by atoms with Crippen molar-refractivity contribution in [3.05, 3.63) is 17.2 Å². The number of nitrogens with zero attached hydrogens (tertiary/aromatic N) is 2. The second-order valence-corrected chi connectivity index (χ2v) is 2.53. The van der Waals surface area contributed by atoms with Gasteiger partial charge in [-0.2, -0.15) is 5.23 Å². The van der Waals surface area contributed by atoms with Gasteiger partial charge in [-0.15, -0.1) is 0 Å². The lowest BCUT2D eigenvalue weighted by atomic mass is 10.6. The molecule has 1 amide bonds. The summed E-state index contributed by atoms with van der Waals surface area (Å²) in [5.74, 6) is 0.342. The predicted molar refractivity (Wildman–Crippen MR) is 43.4 cm³/mol. The zero-order valence-corrected chi connectivity index (χ0v) is 7.43. The molecule has 0 spiro atoms. The number of carbonyl (C=O) groups excluding carboxylic acids is 1. The summed E-state index contributed by atoms with van der Waals surface area (Å²) in [5.41, 5.74) is 4.74. The van der Waals surface area contributed by atoms with Crippen molar-refractivity contribution in [1.29, 1.82) is 0 Å². The molecule has 0 saturated heterocycles. The number of ether oxygens (including phenoxy) is 1. The van der Waals surface area contributed by atoms with Crippen LogP contribution in [-0.4, -0.2) is 20.9 Å². The third-order valence-electron chi connectivity index (χ3n) is 1.65. The van der Waals surface area contributed by atoms with Gasteiger partial charge in [-0.05, 0) is 0 Å². The topological polar surface area (TPSA) is 118 Å². The van der Waals surface area contributed by atoms with E-state index in [4.69, 9.17) is 10.9 Å². The molecule has 0 aliphatic heterocycles. The van der Waals surface area contributed by atoms with Crippen LogP contribution < -0.4 is 11.0 Å². The Bertz CT molecular complexity index is 335. The Hall–Kier alpha value is -1.64. The van der Waals surface area contributed by atoms with Gasteiger partial charge in [0.05, 0.1) is 0 Å². The largest absolute Gasteiger partial charge is 0.594 e. The first kappa shape index (κ1) is 10.4. The van der Waals surface area contributed by atoms with Gasteiger partial charge in [0.1, 0.15) is 6.20 Å². The van der Waals surface area contributed by atoms with Crippen molar-refractivity contribution < 1.29 is 20.0 Å². The number of amides is 1. The van der Waals surface area contributed by atoms with Crippen LogP contribution in [0.5, 0.6) is 0 Å².